The van der Waals surface area contributed by atoms with Crippen LogP contribution in [0.3, 0.4) is 0 Å². The first-order valence-electron chi connectivity index (χ1n) is 14.1. The van der Waals surface area contributed by atoms with E-state index in [0.29, 0.717) is 18.1 Å². The smallest absolute Gasteiger partial charge is 0.364 e. The molecular weight excluding hydrogens is 492 g/mol. The van der Waals surface area contributed by atoms with Gasteiger partial charge in [-0.1, -0.05) is 75.6 Å². The van der Waals surface area contributed by atoms with Crippen molar-refractivity contribution in [1.29, 1.82) is 0 Å². The summed E-state index contributed by atoms with van der Waals surface area (Å²) in [6.07, 6.45) is 12.7. The Morgan fingerprint density at radius 3 is 2.15 bits per heavy atom. The molecule has 1 aliphatic carbocycles. The van der Waals surface area contributed by atoms with Crippen molar-refractivity contribution in [2.24, 2.45) is 0 Å². The minimum atomic E-state index is -1.70. The summed E-state index contributed by atoms with van der Waals surface area (Å²) in [6.45, 7) is 8.25. The van der Waals surface area contributed by atoms with Crippen molar-refractivity contribution in [1.82, 2.24) is 0 Å². The fourth-order valence-electron chi connectivity index (χ4n) is 4.29. The van der Waals surface area contributed by atoms with E-state index in [2.05, 4.69) is 13.8 Å². The van der Waals surface area contributed by atoms with E-state index in [4.69, 9.17) is 18.9 Å². The van der Waals surface area contributed by atoms with Crippen LogP contribution in [0.25, 0.3) is 0 Å². The predicted octanol–water partition coefficient (Wildman–Crippen LogP) is 7.34. The van der Waals surface area contributed by atoms with Gasteiger partial charge in [-0.25, -0.2) is 9.59 Å². The third kappa shape index (κ3) is 9.10. The lowest BCUT2D eigenvalue weighted by Crippen LogP contribution is -2.46. The molecule has 3 rings (SSSR count). The van der Waals surface area contributed by atoms with Gasteiger partial charge in [0.1, 0.15) is 11.5 Å². The van der Waals surface area contributed by atoms with Gasteiger partial charge >= 0.3 is 11.9 Å². The first-order valence-corrected chi connectivity index (χ1v) is 14.1. The highest BCUT2D eigenvalue weighted by molar-refractivity contribution is 5.90. The summed E-state index contributed by atoms with van der Waals surface area (Å²) in [4.78, 5) is 26.3. The lowest BCUT2D eigenvalue weighted by molar-refractivity contribution is -0.174. The number of benzene rings is 2. The molecule has 0 bridgehead atoms. The van der Waals surface area contributed by atoms with Gasteiger partial charge in [-0.05, 0) is 75.1 Å². The van der Waals surface area contributed by atoms with E-state index >= 15 is 0 Å². The Hall–Kier alpha value is -3.38. The van der Waals surface area contributed by atoms with Crippen LogP contribution < -0.4 is 9.47 Å². The lowest BCUT2D eigenvalue weighted by Gasteiger charge is -2.30. The van der Waals surface area contributed by atoms with Crippen molar-refractivity contribution in [3.63, 3.8) is 0 Å². The maximum absolute atomic E-state index is 13.5. The number of allylic oxidation sites excluding steroid dienone is 2. The highest BCUT2D eigenvalue weighted by Crippen LogP contribution is 2.31. The highest BCUT2D eigenvalue weighted by atomic mass is 16.6. The van der Waals surface area contributed by atoms with E-state index in [9.17, 15) is 9.59 Å². The van der Waals surface area contributed by atoms with Crippen molar-refractivity contribution in [3.8, 4) is 11.5 Å². The number of carbonyl (C=O) groups excluding carboxylic acids is 2. The van der Waals surface area contributed by atoms with Crippen LogP contribution in [0.1, 0.15) is 77.7 Å². The number of ether oxygens (including phenoxy) is 4. The number of hydrogen-bond acceptors (Lipinski definition) is 6. The molecule has 0 saturated carbocycles. The molecule has 0 saturated heterocycles. The molecule has 0 unspecified atom stereocenters. The number of hydrogen-bond donors (Lipinski definition) is 0. The van der Waals surface area contributed by atoms with Crippen molar-refractivity contribution in [3.05, 3.63) is 84.5 Å². The average molecular weight is 535 g/mol. The van der Waals surface area contributed by atoms with Gasteiger partial charge in [-0.15, -0.1) is 0 Å². The van der Waals surface area contributed by atoms with Gasteiger partial charge in [0.2, 0.25) is 5.60 Å². The van der Waals surface area contributed by atoms with E-state index in [1.165, 1.54) is 19.3 Å². The fraction of sp³-hybridized carbons (Fsp3) is 0.455. The summed E-state index contributed by atoms with van der Waals surface area (Å²) in [5, 5.41) is 0. The molecule has 0 amide bonds. The van der Waals surface area contributed by atoms with Crippen molar-refractivity contribution in [2.45, 2.75) is 89.9 Å². The SMILES string of the molecule is CCCCCC[C@@H](C)Oc1ccc(OC(=O)C2(OC(=O)[C@H](C)OCCC)C=CC(c3ccccc3)C=C2)cc1. The molecule has 0 aromatic heterocycles. The zero-order chi connectivity index (χ0) is 28.1. The summed E-state index contributed by atoms with van der Waals surface area (Å²) in [5.74, 6) is -0.357. The van der Waals surface area contributed by atoms with Crippen LogP contribution in [0, 0.1) is 0 Å². The van der Waals surface area contributed by atoms with Gasteiger partial charge in [-0.3, -0.25) is 0 Å². The molecule has 6 heteroatoms. The zero-order valence-corrected chi connectivity index (χ0v) is 23.6. The summed E-state index contributed by atoms with van der Waals surface area (Å²) in [6, 6.07) is 16.8. The molecule has 0 aliphatic heterocycles. The Morgan fingerprint density at radius 1 is 0.846 bits per heavy atom. The summed E-state index contributed by atoms with van der Waals surface area (Å²) >= 11 is 0. The Bertz CT molecular complexity index is 1070. The number of rotatable bonds is 15. The maximum atomic E-state index is 13.5. The van der Waals surface area contributed by atoms with Gasteiger partial charge in [0.15, 0.2) is 6.10 Å². The molecule has 2 aromatic carbocycles. The topological polar surface area (TPSA) is 71.1 Å². The van der Waals surface area contributed by atoms with Crippen LogP contribution in [-0.2, 0) is 19.1 Å². The first-order chi connectivity index (χ1) is 18.9. The first kappa shape index (κ1) is 30.2. The molecule has 0 spiro atoms. The lowest BCUT2D eigenvalue weighted by atomic mass is 9.88. The minimum Gasteiger partial charge on any atom is -0.491 e. The molecule has 2 atom stereocenters. The molecule has 0 heterocycles. The number of unbranched alkanes of at least 4 members (excludes halogenated alkanes) is 3. The van der Waals surface area contributed by atoms with E-state index in [1.54, 1.807) is 43.3 Å². The largest absolute Gasteiger partial charge is 0.491 e. The van der Waals surface area contributed by atoms with Crippen LogP contribution in [0.5, 0.6) is 11.5 Å². The highest BCUT2D eigenvalue weighted by Gasteiger charge is 2.42. The second-order valence-corrected chi connectivity index (χ2v) is 10.0. The number of esters is 2. The summed E-state index contributed by atoms with van der Waals surface area (Å²) < 4.78 is 23.0. The van der Waals surface area contributed by atoms with Crippen LogP contribution >= 0.6 is 0 Å². The van der Waals surface area contributed by atoms with Gasteiger partial charge in [0.25, 0.3) is 0 Å². The molecule has 0 N–H and O–H groups in total. The van der Waals surface area contributed by atoms with E-state index < -0.39 is 23.6 Å². The molecule has 6 nitrogen and oxygen atoms in total. The third-order valence-corrected chi connectivity index (χ3v) is 6.61. The summed E-state index contributed by atoms with van der Waals surface area (Å²) in [7, 11) is 0. The second kappa shape index (κ2) is 15.3. The Labute approximate surface area is 233 Å². The maximum Gasteiger partial charge on any atom is 0.364 e. The van der Waals surface area contributed by atoms with E-state index in [0.717, 1.165) is 24.8 Å². The Balaban J connectivity index is 1.70. The van der Waals surface area contributed by atoms with E-state index in [1.807, 2.05) is 49.4 Å². The van der Waals surface area contributed by atoms with E-state index in [-0.39, 0.29) is 12.0 Å². The van der Waals surface area contributed by atoms with Crippen LogP contribution in [0.15, 0.2) is 78.9 Å². The molecular formula is C33H42O6. The zero-order valence-electron chi connectivity index (χ0n) is 23.6. The molecule has 0 radical (unpaired) electrons. The van der Waals surface area contributed by atoms with Crippen molar-refractivity contribution < 1.29 is 28.5 Å². The normalized spacial score (nSPS) is 19.7. The van der Waals surface area contributed by atoms with Gasteiger partial charge < -0.3 is 18.9 Å². The fourth-order valence-corrected chi connectivity index (χ4v) is 4.29. The third-order valence-electron chi connectivity index (χ3n) is 6.61. The number of carbonyl (C=O) groups is 2. The minimum absolute atomic E-state index is 0.0556. The van der Waals surface area contributed by atoms with Gasteiger partial charge in [0.05, 0.1) is 6.10 Å². The molecule has 1 aliphatic rings. The van der Waals surface area contributed by atoms with Crippen LogP contribution in [-0.4, -0.2) is 36.4 Å². The van der Waals surface area contributed by atoms with Crippen molar-refractivity contribution in [2.75, 3.05) is 6.61 Å². The molecule has 39 heavy (non-hydrogen) atoms. The quantitative estimate of drug-likeness (QED) is 0.103. The Kier molecular flexibility index (Phi) is 11.8. The Morgan fingerprint density at radius 2 is 1.51 bits per heavy atom. The van der Waals surface area contributed by atoms with Crippen LogP contribution in [0.4, 0.5) is 0 Å². The van der Waals surface area contributed by atoms with Gasteiger partial charge in [0, 0.05) is 12.5 Å². The second-order valence-electron chi connectivity index (χ2n) is 10.0. The predicted molar refractivity (Wildman–Crippen MR) is 153 cm³/mol. The summed E-state index contributed by atoms with van der Waals surface area (Å²) in [5.41, 5.74) is -0.637. The molecule has 2 aromatic rings. The van der Waals surface area contributed by atoms with Gasteiger partial charge in [-0.2, -0.15) is 0 Å². The van der Waals surface area contributed by atoms with Crippen molar-refractivity contribution >= 4 is 11.9 Å². The standard InChI is InChI=1S/C33H42O6/c1-5-7-8-10-13-25(3)37-29-16-18-30(19-17-29)38-32(35)33(39-31(34)26(4)36-24-6-2)22-20-28(21-23-33)27-14-11-9-12-15-27/h9,11-12,14-23,25-26,28H,5-8,10,13,24H2,1-4H3/t25-,26+,28?,33?/m1/s1. The average Bonchev–Trinajstić information content (AvgIpc) is 2.95. The molecule has 210 valence electrons. The van der Waals surface area contributed by atoms with Crippen LogP contribution in [0.2, 0.25) is 0 Å². The monoisotopic (exact) mass is 534 g/mol. The molecule has 0 fully saturated rings.